The minimum Gasteiger partial charge on any atom is -0.322 e. The number of aryl methyl sites for hydroxylation is 1. The molecule has 2 heterocycles. The largest absolute Gasteiger partial charge is 0.322 e. The summed E-state index contributed by atoms with van der Waals surface area (Å²) in [7, 11) is 1.75. The van der Waals surface area contributed by atoms with Crippen LogP contribution in [0.1, 0.15) is 35.6 Å². The predicted molar refractivity (Wildman–Crippen MR) is 87.6 cm³/mol. The third-order valence-electron chi connectivity index (χ3n) is 4.17. The molecule has 3 rings (SSSR count). The number of likely N-dealkylation sites (N-methyl/N-ethyl adjacent to an activating group) is 1. The smallest absolute Gasteiger partial charge is 0.258 e. The number of amides is 2. The maximum Gasteiger partial charge on any atom is 0.258 e. The molecule has 2 amide bonds. The summed E-state index contributed by atoms with van der Waals surface area (Å²) in [5.74, 6) is 0.376. The Balaban J connectivity index is 1.88. The van der Waals surface area contributed by atoms with Crippen molar-refractivity contribution in [1.29, 1.82) is 0 Å². The first-order valence-corrected chi connectivity index (χ1v) is 7.33. The van der Waals surface area contributed by atoms with Crippen LogP contribution in [-0.2, 0) is 10.2 Å². The molecular weight excluding hydrogens is 292 g/mol. The molecule has 0 saturated heterocycles. The fourth-order valence-electron chi connectivity index (χ4n) is 2.77. The van der Waals surface area contributed by atoms with Crippen LogP contribution in [0.3, 0.4) is 0 Å². The molecule has 1 aliphatic rings. The maximum absolute atomic E-state index is 12.3. The van der Waals surface area contributed by atoms with Crippen molar-refractivity contribution in [3.63, 3.8) is 0 Å². The van der Waals surface area contributed by atoms with Crippen molar-refractivity contribution in [3.05, 3.63) is 47.5 Å². The number of rotatable bonds is 2. The van der Waals surface area contributed by atoms with Crippen LogP contribution < -0.4 is 10.2 Å². The van der Waals surface area contributed by atoms with E-state index >= 15 is 0 Å². The molecule has 0 saturated carbocycles. The van der Waals surface area contributed by atoms with Gasteiger partial charge in [-0.05, 0) is 38.5 Å². The summed E-state index contributed by atoms with van der Waals surface area (Å²) < 4.78 is 0. The molecular formula is C17H18N4O2. The summed E-state index contributed by atoms with van der Waals surface area (Å²) in [6.07, 6.45) is 2.98. The van der Waals surface area contributed by atoms with Crippen molar-refractivity contribution in [1.82, 2.24) is 9.97 Å². The van der Waals surface area contributed by atoms with Crippen LogP contribution in [0, 0.1) is 6.92 Å². The first-order chi connectivity index (χ1) is 10.8. The number of aromatic nitrogens is 2. The van der Waals surface area contributed by atoms with E-state index in [1.807, 2.05) is 26.0 Å². The van der Waals surface area contributed by atoms with E-state index in [0.29, 0.717) is 17.1 Å². The van der Waals surface area contributed by atoms with E-state index in [9.17, 15) is 9.59 Å². The lowest BCUT2D eigenvalue weighted by molar-refractivity contribution is -0.121. The minimum atomic E-state index is -0.544. The normalized spacial score (nSPS) is 15.5. The van der Waals surface area contributed by atoms with Gasteiger partial charge >= 0.3 is 0 Å². The zero-order valence-corrected chi connectivity index (χ0v) is 13.5. The molecule has 0 aliphatic carbocycles. The molecule has 2 aromatic rings. The third-order valence-corrected chi connectivity index (χ3v) is 4.17. The number of carbonyl (C=O) groups excluding carboxylic acids is 2. The number of nitrogens with one attached hydrogen (secondary N) is 1. The van der Waals surface area contributed by atoms with Crippen molar-refractivity contribution in [3.8, 4) is 0 Å². The SMILES string of the molecule is Cc1ncc(C(=O)Nc2ccc3c(c2)N(C)C(=O)C3(C)C)cn1. The monoisotopic (exact) mass is 310 g/mol. The van der Waals surface area contributed by atoms with E-state index in [0.717, 1.165) is 11.3 Å². The standard InChI is InChI=1S/C17H18N4O2/c1-10-18-8-11(9-19-10)15(22)20-12-5-6-13-14(7-12)21(4)16(23)17(13,2)3/h5-9H,1-4H3,(H,20,22). The fourth-order valence-corrected chi connectivity index (χ4v) is 2.77. The second-order valence-corrected chi connectivity index (χ2v) is 6.19. The molecule has 23 heavy (non-hydrogen) atoms. The van der Waals surface area contributed by atoms with Gasteiger partial charge in [0.25, 0.3) is 5.91 Å². The Kier molecular flexibility index (Phi) is 3.39. The highest BCUT2D eigenvalue weighted by Gasteiger charge is 2.42. The quantitative estimate of drug-likeness (QED) is 0.923. The Labute approximate surface area is 134 Å². The van der Waals surface area contributed by atoms with Crippen molar-refractivity contribution >= 4 is 23.2 Å². The molecule has 1 aromatic carbocycles. The van der Waals surface area contributed by atoms with Gasteiger partial charge < -0.3 is 10.2 Å². The second kappa shape index (κ2) is 5.15. The minimum absolute atomic E-state index is 0.0444. The van der Waals surface area contributed by atoms with E-state index in [1.54, 1.807) is 24.9 Å². The van der Waals surface area contributed by atoms with E-state index in [-0.39, 0.29) is 11.8 Å². The molecule has 118 valence electrons. The molecule has 0 spiro atoms. The van der Waals surface area contributed by atoms with E-state index in [1.165, 1.54) is 12.4 Å². The van der Waals surface area contributed by atoms with Gasteiger partial charge in [-0.3, -0.25) is 9.59 Å². The molecule has 6 heteroatoms. The van der Waals surface area contributed by atoms with Gasteiger partial charge in [-0.2, -0.15) is 0 Å². The van der Waals surface area contributed by atoms with Crippen LogP contribution in [0.5, 0.6) is 0 Å². The Morgan fingerprint density at radius 3 is 2.52 bits per heavy atom. The summed E-state index contributed by atoms with van der Waals surface area (Å²) >= 11 is 0. The molecule has 0 radical (unpaired) electrons. The lowest BCUT2D eigenvalue weighted by atomic mass is 9.86. The molecule has 1 aliphatic heterocycles. The van der Waals surface area contributed by atoms with Gasteiger partial charge in [0.05, 0.1) is 11.0 Å². The van der Waals surface area contributed by atoms with Crippen LogP contribution in [0.4, 0.5) is 11.4 Å². The zero-order valence-electron chi connectivity index (χ0n) is 13.5. The van der Waals surface area contributed by atoms with Gasteiger partial charge in [0, 0.05) is 30.8 Å². The van der Waals surface area contributed by atoms with Crippen LogP contribution in [0.2, 0.25) is 0 Å². The van der Waals surface area contributed by atoms with E-state index in [4.69, 9.17) is 0 Å². The summed E-state index contributed by atoms with van der Waals surface area (Å²) in [6, 6.07) is 5.51. The van der Waals surface area contributed by atoms with Gasteiger partial charge in [-0.25, -0.2) is 9.97 Å². The lowest BCUT2D eigenvalue weighted by Crippen LogP contribution is -2.33. The van der Waals surface area contributed by atoms with Gasteiger partial charge in [-0.1, -0.05) is 6.07 Å². The lowest BCUT2D eigenvalue weighted by Gasteiger charge is -2.16. The Hall–Kier alpha value is -2.76. The fraction of sp³-hybridized carbons (Fsp3) is 0.294. The second-order valence-electron chi connectivity index (χ2n) is 6.19. The summed E-state index contributed by atoms with van der Waals surface area (Å²) in [4.78, 5) is 34.2. The zero-order chi connectivity index (χ0) is 16.8. The van der Waals surface area contributed by atoms with Crippen LogP contribution >= 0.6 is 0 Å². The van der Waals surface area contributed by atoms with Crippen molar-refractivity contribution in [2.45, 2.75) is 26.2 Å². The summed E-state index contributed by atoms with van der Waals surface area (Å²) in [6.45, 7) is 5.57. The van der Waals surface area contributed by atoms with Gasteiger partial charge in [0.2, 0.25) is 5.91 Å². The average molecular weight is 310 g/mol. The number of fused-ring (bicyclic) bond motifs is 1. The van der Waals surface area contributed by atoms with Crippen molar-refractivity contribution < 1.29 is 9.59 Å². The number of nitrogens with zero attached hydrogens (tertiary/aromatic N) is 3. The van der Waals surface area contributed by atoms with Gasteiger partial charge in [0.15, 0.2) is 0 Å². The first kappa shape index (κ1) is 15.1. The van der Waals surface area contributed by atoms with Crippen molar-refractivity contribution in [2.24, 2.45) is 0 Å². The molecule has 0 fully saturated rings. The van der Waals surface area contributed by atoms with E-state index < -0.39 is 5.41 Å². The number of hydrogen-bond donors (Lipinski definition) is 1. The highest BCUT2D eigenvalue weighted by atomic mass is 16.2. The van der Waals surface area contributed by atoms with Gasteiger partial charge in [0.1, 0.15) is 5.82 Å². The molecule has 0 unspecified atom stereocenters. The highest BCUT2D eigenvalue weighted by Crippen LogP contribution is 2.41. The summed E-state index contributed by atoms with van der Waals surface area (Å²) in [5.41, 5.74) is 2.25. The number of benzene rings is 1. The Morgan fingerprint density at radius 2 is 1.87 bits per heavy atom. The first-order valence-electron chi connectivity index (χ1n) is 7.33. The van der Waals surface area contributed by atoms with Crippen molar-refractivity contribution in [2.75, 3.05) is 17.3 Å². The highest BCUT2D eigenvalue weighted by molar-refractivity contribution is 6.09. The Morgan fingerprint density at radius 1 is 1.22 bits per heavy atom. The number of carbonyl (C=O) groups is 2. The number of anilines is 2. The van der Waals surface area contributed by atoms with Crippen LogP contribution in [-0.4, -0.2) is 28.8 Å². The molecule has 0 atom stereocenters. The summed E-state index contributed by atoms with van der Waals surface area (Å²) in [5, 5.41) is 2.81. The molecule has 6 nitrogen and oxygen atoms in total. The molecule has 0 bridgehead atoms. The average Bonchev–Trinajstić information content (AvgIpc) is 2.69. The maximum atomic E-state index is 12.3. The Bertz CT molecular complexity index is 797. The van der Waals surface area contributed by atoms with Crippen LogP contribution in [0.25, 0.3) is 0 Å². The third kappa shape index (κ3) is 2.46. The topological polar surface area (TPSA) is 75.2 Å². The van der Waals surface area contributed by atoms with Crippen LogP contribution in [0.15, 0.2) is 30.6 Å². The number of hydrogen-bond acceptors (Lipinski definition) is 4. The molecule has 1 N–H and O–H groups in total. The van der Waals surface area contributed by atoms with Gasteiger partial charge in [-0.15, -0.1) is 0 Å². The van der Waals surface area contributed by atoms with E-state index in [2.05, 4.69) is 15.3 Å². The predicted octanol–water partition coefficient (Wildman–Crippen LogP) is 2.29. The molecule has 1 aromatic heterocycles.